The second-order valence-electron chi connectivity index (χ2n) is 5.23. The zero-order chi connectivity index (χ0) is 19.5. The summed E-state index contributed by atoms with van der Waals surface area (Å²) >= 11 is 0. The fourth-order valence-electron chi connectivity index (χ4n) is 1.93. The lowest BCUT2D eigenvalue weighted by Crippen LogP contribution is -2.30. The van der Waals surface area contributed by atoms with E-state index in [1.807, 2.05) is 0 Å². The number of esters is 1. The molecular weight excluding hydrogens is 370 g/mol. The lowest BCUT2D eigenvalue weighted by Gasteiger charge is -2.14. The Bertz CT molecular complexity index is 963. The van der Waals surface area contributed by atoms with E-state index in [4.69, 9.17) is 9.88 Å². The Balaban J connectivity index is 2.12. The van der Waals surface area contributed by atoms with Gasteiger partial charge in [-0.2, -0.15) is 0 Å². The summed E-state index contributed by atoms with van der Waals surface area (Å²) in [7, 11) is -4.15. The minimum Gasteiger partial charge on any atom is -0.449 e. The molecule has 0 fully saturated rings. The first-order valence-electron chi connectivity index (χ1n) is 7.17. The normalized spacial score (nSPS) is 12.3. The third kappa shape index (κ3) is 4.83. The van der Waals surface area contributed by atoms with Crippen LogP contribution < -0.4 is 10.5 Å². The number of primary sulfonamides is 1. The first kappa shape index (κ1) is 19.5. The van der Waals surface area contributed by atoms with Gasteiger partial charge in [0.25, 0.3) is 5.91 Å². The van der Waals surface area contributed by atoms with Crippen molar-refractivity contribution in [1.82, 2.24) is 0 Å². The van der Waals surface area contributed by atoms with Crippen LogP contribution in [0.1, 0.15) is 17.3 Å². The van der Waals surface area contributed by atoms with Crippen molar-refractivity contribution in [2.45, 2.75) is 17.9 Å². The molecule has 138 valence electrons. The Morgan fingerprint density at radius 1 is 1.15 bits per heavy atom. The zero-order valence-electron chi connectivity index (χ0n) is 13.4. The number of halogens is 2. The highest BCUT2D eigenvalue weighted by molar-refractivity contribution is 7.89. The van der Waals surface area contributed by atoms with Crippen molar-refractivity contribution in [3.05, 3.63) is 59.7 Å². The Morgan fingerprint density at radius 3 is 2.46 bits per heavy atom. The highest BCUT2D eigenvalue weighted by Gasteiger charge is 2.23. The summed E-state index contributed by atoms with van der Waals surface area (Å²) in [6.07, 6.45) is -1.36. The molecule has 1 amide bonds. The number of carbonyl (C=O) groups is 2. The first-order chi connectivity index (χ1) is 12.1. The van der Waals surface area contributed by atoms with Gasteiger partial charge >= 0.3 is 5.97 Å². The van der Waals surface area contributed by atoms with Crippen molar-refractivity contribution in [1.29, 1.82) is 0 Å². The summed E-state index contributed by atoms with van der Waals surface area (Å²) in [6.45, 7) is 1.22. The number of sulfonamides is 1. The molecule has 26 heavy (non-hydrogen) atoms. The number of nitrogens with one attached hydrogen (secondary N) is 1. The molecule has 0 aliphatic heterocycles. The highest BCUT2D eigenvalue weighted by atomic mass is 32.2. The molecule has 0 aliphatic rings. The van der Waals surface area contributed by atoms with Crippen LogP contribution in [0, 0.1) is 11.6 Å². The molecule has 0 saturated heterocycles. The summed E-state index contributed by atoms with van der Waals surface area (Å²) < 4.78 is 54.3. The van der Waals surface area contributed by atoms with Gasteiger partial charge in [0.1, 0.15) is 11.6 Å². The molecule has 0 aliphatic carbocycles. The van der Waals surface area contributed by atoms with E-state index in [1.165, 1.54) is 25.1 Å². The average Bonchev–Trinajstić information content (AvgIpc) is 2.53. The molecule has 2 rings (SSSR count). The number of hydrogen-bond acceptors (Lipinski definition) is 5. The fraction of sp³-hybridized carbons (Fsp3) is 0.125. The molecule has 10 heteroatoms. The van der Waals surface area contributed by atoms with Crippen LogP contribution in [0.25, 0.3) is 0 Å². The number of benzene rings is 2. The SMILES string of the molecule is C[C@H](OC(=O)c1cc(S(N)(=O)=O)ccc1F)C(=O)Nc1cccc(F)c1. The predicted octanol–water partition coefficient (Wildman–Crippen LogP) is 1.80. The van der Waals surface area contributed by atoms with Gasteiger partial charge in [-0.25, -0.2) is 27.1 Å². The second kappa shape index (κ2) is 7.58. The summed E-state index contributed by atoms with van der Waals surface area (Å²) in [5, 5.41) is 7.25. The molecule has 0 heterocycles. The minimum absolute atomic E-state index is 0.139. The quantitative estimate of drug-likeness (QED) is 0.763. The van der Waals surface area contributed by atoms with Crippen LogP contribution in [0.5, 0.6) is 0 Å². The van der Waals surface area contributed by atoms with E-state index in [-0.39, 0.29) is 5.69 Å². The zero-order valence-corrected chi connectivity index (χ0v) is 14.2. The lowest BCUT2D eigenvalue weighted by atomic mass is 10.2. The van der Waals surface area contributed by atoms with Crippen LogP contribution in [0.2, 0.25) is 0 Å². The molecule has 2 aromatic rings. The topological polar surface area (TPSA) is 116 Å². The van der Waals surface area contributed by atoms with Crippen molar-refractivity contribution in [2.75, 3.05) is 5.32 Å². The highest BCUT2D eigenvalue weighted by Crippen LogP contribution is 2.16. The van der Waals surface area contributed by atoms with Crippen LogP contribution in [-0.2, 0) is 19.6 Å². The van der Waals surface area contributed by atoms with Crippen molar-refractivity contribution < 1.29 is 31.5 Å². The first-order valence-corrected chi connectivity index (χ1v) is 8.72. The predicted molar refractivity (Wildman–Crippen MR) is 87.7 cm³/mol. The van der Waals surface area contributed by atoms with Crippen molar-refractivity contribution >= 4 is 27.6 Å². The maximum atomic E-state index is 13.8. The number of ether oxygens (including phenoxy) is 1. The molecular formula is C16H14F2N2O5S. The number of amides is 1. The maximum absolute atomic E-state index is 13.8. The molecule has 0 radical (unpaired) electrons. The standard InChI is InChI=1S/C16H14F2N2O5S/c1-9(15(21)20-11-4-2-3-10(17)7-11)25-16(22)13-8-12(26(19,23)24)5-6-14(13)18/h2-9H,1H3,(H,20,21)(H2,19,23,24)/t9-/m0/s1. The summed E-state index contributed by atoms with van der Waals surface area (Å²) in [5.74, 6) is -3.66. The largest absolute Gasteiger partial charge is 0.449 e. The number of carbonyl (C=O) groups excluding carboxylic acids is 2. The Hall–Kier alpha value is -2.85. The number of anilines is 1. The molecule has 7 nitrogen and oxygen atoms in total. The van der Waals surface area contributed by atoms with Gasteiger partial charge in [-0.05, 0) is 43.3 Å². The number of nitrogens with two attached hydrogens (primary N) is 1. The van der Waals surface area contributed by atoms with E-state index in [0.29, 0.717) is 6.07 Å². The molecule has 0 spiro atoms. The molecule has 3 N–H and O–H groups in total. The van der Waals surface area contributed by atoms with Crippen LogP contribution in [0.3, 0.4) is 0 Å². The monoisotopic (exact) mass is 384 g/mol. The summed E-state index contributed by atoms with van der Waals surface area (Å²) in [5.41, 5.74) is -0.553. The maximum Gasteiger partial charge on any atom is 0.341 e. The van der Waals surface area contributed by atoms with E-state index in [0.717, 1.165) is 18.2 Å². The van der Waals surface area contributed by atoms with Crippen LogP contribution in [0.15, 0.2) is 47.4 Å². The van der Waals surface area contributed by atoms with Gasteiger partial charge in [-0.15, -0.1) is 0 Å². The van der Waals surface area contributed by atoms with Gasteiger partial charge in [-0.3, -0.25) is 4.79 Å². The lowest BCUT2D eigenvalue weighted by molar-refractivity contribution is -0.123. The van der Waals surface area contributed by atoms with Crippen molar-refractivity contribution in [2.24, 2.45) is 5.14 Å². The summed E-state index contributed by atoms with van der Waals surface area (Å²) in [6, 6.07) is 7.38. The minimum atomic E-state index is -4.15. The molecule has 1 atom stereocenters. The molecule has 2 aromatic carbocycles. The van der Waals surface area contributed by atoms with Gasteiger partial charge in [0.15, 0.2) is 6.10 Å². The third-order valence-corrected chi connectivity index (χ3v) is 4.14. The van der Waals surface area contributed by atoms with Gasteiger partial charge in [0, 0.05) is 5.69 Å². The Morgan fingerprint density at radius 2 is 1.85 bits per heavy atom. The van der Waals surface area contributed by atoms with Gasteiger partial charge in [0.05, 0.1) is 10.5 Å². The van der Waals surface area contributed by atoms with Crippen LogP contribution >= 0.6 is 0 Å². The average molecular weight is 384 g/mol. The van der Waals surface area contributed by atoms with Crippen LogP contribution in [0.4, 0.5) is 14.5 Å². The van der Waals surface area contributed by atoms with E-state index in [2.05, 4.69) is 5.32 Å². The van der Waals surface area contributed by atoms with E-state index in [1.54, 1.807) is 0 Å². The molecule has 0 bridgehead atoms. The van der Waals surface area contributed by atoms with E-state index in [9.17, 15) is 26.8 Å². The van der Waals surface area contributed by atoms with E-state index < -0.39 is 50.1 Å². The molecule has 0 saturated carbocycles. The number of rotatable bonds is 5. The smallest absolute Gasteiger partial charge is 0.341 e. The van der Waals surface area contributed by atoms with Crippen molar-refractivity contribution in [3.63, 3.8) is 0 Å². The van der Waals surface area contributed by atoms with Crippen molar-refractivity contribution in [3.8, 4) is 0 Å². The van der Waals surface area contributed by atoms with Crippen LogP contribution in [-0.4, -0.2) is 26.4 Å². The third-order valence-electron chi connectivity index (χ3n) is 3.23. The summed E-state index contributed by atoms with van der Waals surface area (Å²) in [4.78, 5) is 23.5. The Labute approximate surface area is 147 Å². The van der Waals surface area contributed by atoms with Gasteiger partial charge < -0.3 is 10.1 Å². The Kier molecular flexibility index (Phi) is 5.68. The fourth-order valence-corrected chi connectivity index (χ4v) is 2.47. The second-order valence-corrected chi connectivity index (χ2v) is 6.80. The molecule has 0 unspecified atom stereocenters. The van der Waals surface area contributed by atoms with E-state index >= 15 is 0 Å². The van der Waals surface area contributed by atoms with Gasteiger partial charge in [0.2, 0.25) is 10.0 Å². The number of hydrogen-bond donors (Lipinski definition) is 2. The molecule has 0 aromatic heterocycles. The van der Waals surface area contributed by atoms with Gasteiger partial charge in [-0.1, -0.05) is 6.07 Å².